The van der Waals surface area contributed by atoms with Crippen LogP contribution < -0.4 is 61.2 Å². The van der Waals surface area contributed by atoms with Crippen LogP contribution in [0.4, 0.5) is 0 Å². The van der Waals surface area contributed by atoms with Gasteiger partial charge in [-0.15, -0.1) is 0 Å². The summed E-state index contributed by atoms with van der Waals surface area (Å²) < 4.78 is 14.5. The SMILES string of the molecule is COc1ccc(COC(=O)C2OC2C(=O)[O-])cc1.[K+]. The molecular weight excluding hydrogens is 279 g/mol. The second-order valence-corrected chi connectivity index (χ2v) is 3.75. The van der Waals surface area contributed by atoms with E-state index in [9.17, 15) is 14.7 Å². The maximum atomic E-state index is 11.4. The van der Waals surface area contributed by atoms with E-state index in [1.54, 1.807) is 31.4 Å². The molecule has 0 aliphatic carbocycles. The Kier molecular flexibility index (Phi) is 6.44. The van der Waals surface area contributed by atoms with E-state index < -0.39 is 24.1 Å². The Morgan fingerprint density at radius 3 is 2.37 bits per heavy atom. The molecule has 96 valence electrons. The summed E-state index contributed by atoms with van der Waals surface area (Å²) in [7, 11) is 1.56. The number of aliphatic carboxylic acids is 1. The molecule has 19 heavy (non-hydrogen) atoms. The Morgan fingerprint density at radius 2 is 1.89 bits per heavy atom. The summed E-state index contributed by atoms with van der Waals surface area (Å²) in [6, 6.07) is 6.97. The number of hydrogen-bond donors (Lipinski definition) is 0. The smallest absolute Gasteiger partial charge is 0.547 e. The van der Waals surface area contributed by atoms with Gasteiger partial charge in [0.15, 0.2) is 6.10 Å². The molecule has 2 atom stereocenters. The number of ether oxygens (including phenoxy) is 3. The van der Waals surface area contributed by atoms with Crippen LogP contribution >= 0.6 is 0 Å². The van der Waals surface area contributed by atoms with Crippen LogP contribution in [0.2, 0.25) is 0 Å². The molecule has 1 aromatic carbocycles. The van der Waals surface area contributed by atoms with E-state index in [1.807, 2.05) is 0 Å². The average Bonchev–Trinajstić information content (AvgIpc) is 3.17. The number of rotatable bonds is 5. The van der Waals surface area contributed by atoms with Crippen LogP contribution in [-0.2, 0) is 25.7 Å². The monoisotopic (exact) mass is 290 g/mol. The fourth-order valence-electron chi connectivity index (χ4n) is 1.43. The van der Waals surface area contributed by atoms with Gasteiger partial charge in [-0.3, -0.25) is 0 Å². The summed E-state index contributed by atoms with van der Waals surface area (Å²) in [5.74, 6) is -1.39. The third kappa shape index (κ3) is 4.55. The van der Waals surface area contributed by atoms with Crippen LogP contribution in [0.1, 0.15) is 5.56 Å². The molecule has 0 aromatic heterocycles. The van der Waals surface area contributed by atoms with Crippen molar-refractivity contribution in [3.05, 3.63) is 29.8 Å². The normalized spacial score (nSPS) is 20.1. The zero-order chi connectivity index (χ0) is 13.1. The molecule has 6 nitrogen and oxygen atoms in total. The van der Waals surface area contributed by atoms with Crippen molar-refractivity contribution >= 4 is 11.9 Å². The minimum atomic E-state index is -1.40. The van der Waals surface area contributed by atoms with E-state index in [0.717, 1.165) is 5.56 Å². The van der Waals surface area contributed by atoms with Crippen molar-refractivity contribution in [1.82, 2.24) is 0 Å². The first-order valence-corrected chi connectivity index (χ1v) is 5.27. The van der Waals surface area contributed by atoms with Crippen molar-refractivity contribution in [2.75, 3.05) is 7.11 Å². The third-order valence-electron chi connectivity index (χ3n) is 2.50. The van der Waals surface area contributed by atoms with Crippen molar-refractivity contribution in [2.45, 2.75) is 18.8 Å². The van der Waals surface area contributed by atoms with Crippen LogP contribution in [0.25, 0.3) is 0 Å². The first kappa shape index (κ1) is 16.6. The maximum Gasteiger partial charge on any atom is 1.00 e. The molecule has 1 fully saturated rings. The second-order valence-electron chi connectivity index (χ2n) is 3.75. The number of epoxide rings is 1. The molecule has 1 saturated heterocycles. The topological polar surface area (TPSA) is 88.2 Å². The van der Waals surface area contributed by atoms with Gasteiger partial charge in [0.2, 0.25) is 0 Å². The molecule has 0 saturated carbocycles. The summed E-state index contributed by atoms with van der Waals surface area (Å²) in [5.41, 5.74) is 0.773. The number of methoxy groups -OCH3 is 1. The van der Waals surface area contributed by atoms with Crippen molar-refractivity contribution in [3.63, 3.8) is 0 Å². The van der Waals surface area contributed by atoms with Gasteiger partial charge >= 0.3 is 57.4 Å². The van der Waals surface area contributed by atoms with Crippen molar-refractivity contribution in [2.24, 2.45) is 0 Å². The number of carbonyl (C=O) groups excluding carboxylic acids is 2. The molecule has 0 radical (unpaired) electrons. The van der Waals surface area contributed by atoms with Gasteiger partial charge in [-0.2, -0.15) is 0 Å². The van der Waals surface area contributed by atoms with Crippen LogP contribution in [-0.4, -0.2) is 31.3 Å². The molecule has 0 amide bonds. The fraction of sp³-hybridized carbons (Fsp3) is 0.333. The number of esters is 1. The van der Waals surface area contributed by atoms with E-state index >= 15 is 0 Å². The Labute approximate surface area is 152 Å². The van der Waals surface area contributed by atoms with Crippen molar-refractivity contribution in [1.29, 1.82) is 0 Å². The molecule has 2 rings (SSSR count). The number of carboxylic acids is 1. The number of hydrogen-bond acceptors (Lipinski definition) is 6. The molecule has 1 aliphatic rings. The average molecular weight is 290 g/mol. The van der Waals surface area contributed by atoms with E-state index in [-0.39, 0.29) is 58.0 Å². The van der Waals surface area contributed by atoms with E-state index in [4.69, 9.17) is 9.47 Å². The van der Waals surface area contributed by atoms with Gasteiger partial charge in [0.05, 0.1) is 13.1 Å². The molecule has 7 heteroatoms. The third-order valence-corrected chi connectivity index (χ3v) is 2.50. The quantitative estimate of drug-likeness (QED) is 0.315. The van der Waals surface area contributed by atoms with Crippen LogP contribution in [0.15, 0.2) is 24.3 Å². The van der Waals surface area contributed by atoms with Gasteiger partial charge < -0.3 is 24.1 Å². The van der Waals surface area contributed by atoms with Crippen molar-refractivity contribution in [3.8, 4) is 5.75 Å². The maximum absolute atomic E-state index is 11.4. The summed E-state index contributed by atoms with van der Waals surface area (Å²) in [5, 5.41) is 10.4. The molecule has 1 heterocycles. The Hall–Kier alpha value is -0.444. The molecular formula is C12H11KO6. The molecule has 0 N–H and O–H groups in total. The van der Waals surface area contributed by atoms with Gasteiger partial charge in [-0.25, -0.2) is 4.79 Å². The van der Waals surface area contributed by atoms with Gasteiger partial charge in [0, 0.05) is 0 Å². The van der Waals surface area contributed by atoms with Gasteiger partial charge in [0.25, 0.3) is 0 Å². The van der Waals surface area contributed by atoms with E-state index in [2.05, 4.69) is 4.74 Å². The summed E-state index contributed by atoms with van der Waals surface area (Å²) in [6.07, 6.45) is -2.21. The van der Waals surface area contributed by atoms with Gasteiger partial charge in [-0.1, -0.05) is 12.1 Å². The molecule has 1 aromatic rings. The van der Waals surface area contributed by atoms with Gasteiger partial charge in [0.1, 0.15) is 18.5 Å². The second kappa shape index (κ2) is 7.37. The minimum Gasteiger partial charge on any atom is -0.547 e. The molecule has 1 aliphatic heterocycles. The Morgan fingerprint density at radius 1 is 1.26 bits per heavy atom. The molecule has 0 bridgehead atoms. The predicted octanol–water partition coefficient (Wildman–Crippen LogP) is -3.74. The first-order chi connectivity index (χ1) is 8.61. The first-order valence-electron chi connectivity index (χ1n) is 5.27. The zero-order valence-corrected chi connectivity index (χ0v) is 13.7. The van der Waals surface area contributed by atoms with Crippen LogP contribution in [0, 0.1) is 0 Å². The molecule has 2 unspecified atom stereocenters. The standard InChI is InChI=1S/C12H12O6.K/c1-16-8-4-2-7(3-5-8)6-17-12(15)10-9(18-10)11(13)14;/h2-5,9-10H,6H2,1H3,(H,13,14);/q;+1/p-1. The zero-order valence-electron chi connectivity index (χ0n) is 10.6. The predicted molar refractivity (Wildman–Crippen MR) is 56.5 cm³/mol. The van der Waals surface area contributed by atoms with E-state index in [1.165, 1.54) is 0 Å². The van der Waals surface area contributed by atoms with Crippen molar-refractivity contribution < 1.29 is 80.3 Å². The number of carbonyl (C=O) groups is 2. The van der Waals surface area contributed by atoms with E-state index in [0.29, 0.717) is 5.75 Å². The fourth-order valence-corrected chi connectivity index (χ4v) is 1.43. The largest absolute Gasteiger partial charge is 1.00 e. The van der Waals surface area contributed by atoms with Crippen LogP contribution in [0.5, 0.6) is 5.75 Å². The summed E-state index contributed by atoms with van der Waals surface area (Å²) >= 11 is 0. The summed E-state index contributed by atoms with van der Waals surface area (Å²) in [4.78, 5) is 21.7. The molecule has 0 spiro atoms. The number of carboxylic acid groups (broad SMARTS) is 1. The van der Waals surface area contributed by atoms with Crippen LogP contribution in [0.3, 0.4) is 0 Å². The number of benzene rings is 1. The Bertz CT molecular complexity index is 458. The summed E-state index contributed by atoms with van der Waals surface area (Å²) in [6.45, 7) is 0.0580. The van der Waals surface area contributed by atoms with Gasteiger partial charge in [-0.05, 0) is 17.7 Å². The Balaban J connectivity index is 0.00000180. The minimum absolute atomic E-state index is 0.